The van der Waals surface area contributed by atoms with Crippen molar-refractivity contribution in [2.45, 2.75) is 6.92 Å². The lowest BCUT2D eigenvalue weighted by molar-refractivity contribution is -0.118. The third-order valence-corrected chi connectivity index (χ3v) is 3.85. The van der Waals surface area contributed by atoms with Crippen molar-refractivity contribution in [2.75, 3.05) is 19.4 Å². The summed E-state index contributed by atoms with van der Waals surface area (Å²) in [6.07, 6.45) is 1.12. The highest BCUT2D eigenvalue weighted by molar-refractivity contribution is 8.04. The number of H-pyrrole nitrogens is 1. The number of fused-ring (bicyclic) bond motifs is 1. The third-order valence-electron chi connectivity index (χ3n) is 2.83. The van der Waals surface area contributed by atoms with Gasteiger partial charge in [0.25, 0.3) is 0 Å². The van der Waals surface area contributed by atoms with Crippen LogP contribution in [0.25, 0.3) is 0 Å². The summed E-state index contributed by atoms with van der Waals surface area (Å²) < 4.78 is 4.82. The molecule has 0 saturated heterocycles. The molecule has 0 fully saturated rings. The number of allylic oxidation sites excluding steroid dienone is 2. The number of carbonyl (C=O) groups excluding carboxylic acids is 4. The molecule has 1 heterocycles. The number of hydrogen-bond acceptors (Lipinski definition) is 7. The molecule has 1 aliphatic rings. The average molecular weight is 323 g/mol. The van der Waals surface area contributed by atoms with E-state index >= 15 is 0 Å². The van der Waals surface area contributed by atoms with Crippen LogP contribution < -0.4 is 5.32 Å². The first-order valence-corrected chi connectivity index (χ1v) is 7.37. The van der Waals surface area contributed by atoms with Gasteiger partial charge in [0.2, 0.25) is 17.5 Å². The molecular formula is C13H13N3O5S. The number of ether oxygens (including phenoxy) is 1. The molecule has 22 heavy (non-hydrogen) atoms. The Balaban J connectivity index is 2.31. The molecule has 1 aromatic rings. The standard InChI is InChI=1S/C13H13N3O5S/c1-3-21-13(20)11-9-10(15-16-11)6(17)4-7(12(9)19)22-5-8(18)14-2/h4H,3,5H2,1-2H3,(H,14,18)(H,15,16). The van der Waals surface area contributed by atoms with E-state index in [9.17, 15) is 19.2 Å². The van der Waals surface area contributed by atoms with E-state index in [1.165, 1.54) is 7.05 Å². The maximum absolute atomic E-state index is 12.4. The fourth-order valence-electron chi connectivity index (χ4n) is 1.79. The van der Waals surface area contributed by atoms with Crippen molar-refractivity contribution >= 4 is 35.2 Å². The highest BCUT2D eigenvalue weighted by atomic mass is 32.2. The number of Topliss-reactive ketones (excluding diaryl/α,β-unsaturated/α-hetero) is 1. The lowest BCUT2D eigenvalue weighted by atomic mass is 9.99. The highest BCUT2D eigenvalue weighted by Crippen LogP contribution is 2.29. The van der Waals surface area contributed by atoms with Crippen molar-refractivity contribution in [1.82, 2.24) is 15.5 Å². The molecule has 8 nitrogen and oxygen atoms in total. The second-order valence-corrected chi connectivity index (χ2v) is 5.22. The predicted octanol–water partition coefficient (Wildman–Crippen LogP) is 0.329. The Bertz CT molecular complexity index is 692. The molecule has 0 bridgehead atoms. The molecule has 9 heteroatoms. The van der Waals surface area contributed by atoms with E-state index < -0.39 is 17.5 Å². The van der Waals surface area contributed by atoms with Crippen LogP contribution in [0.5, 0.6) is 0 Å². The molecular weight excluding hydrogens is 310 g/mol. The van der Waals surface area contributed by atoms with Crippen molar-refractivity contribution in [3.63, 3.8) is 0 Å². The SMILES string of the molecule is CCOC(=O)c1[nH]nc2c1C(=O)C(SCC(=O)NC)=CC2=O. The van der Waals surface area contributed by atoms with Gasteiger partial charge < -0.3 is 10.1 Å². The van der Waals surface area contributed by atoms with E-state index in [4.69, 9.17) is 4.74 Å². The fraction of sp³-hybridized carbons (Fsp3) is 0.308. The van der Waals surface area contributed by atoms with Crippen LogP contribution in [-0.2, 0) is 9.53 Å². The quantitative estimate of drug-likeness (QED) is 0.749. The van der Waals surface area contributed by atoms with Crippen molar-refractivity contribution < 1.29 is 23.9 Å². The molecule has 0 spiro atoms. The van der Waals surface area contributed by atoms with Crippen LogP contribution in [0.2, 0.25) is 0 Å². The van der Waals surface area contributed by atoms with Gasteiger partial charge in [0.1, 0.15) is 5.69 Å². The summed E-state index contributed by atoms with van der Waals surface area (Å²) in [6.45, 7) is 1.75. The number of aromatic amines is 1. The van der Waals surface area contributed by atoms with E-state index in [2.05, 4.69) is 15.5 Å². The normalized spacial score (nSPS) is 13.5. The zero-order valence-electron chi connectivity index (χ0n) is 11.9. The van der Waals surface area contributed by atoms with Crippen LogP contribution in [-0.4, -0.2) is 53.0 Å². The molecule has 0 saturated carbocycles. The Labute approximate surface area is 129 Å². The lowest BCUT2D eigenvalue weighted by Gasteiger charge is -2.11. The predicted molar refractivity (Wildman–Crippen MR) is 77.8 cm³/mol. The van der Waals surface area contributed by atoms with Crippen molar-refractivity contribution in [3.05, 3.63) is 27.9 Å². The number of carbonyl (C=O) groups is 4. The van der Waals surface area contributed by atoms with Gasteiger partial charge in [-0.3, -0.25) is 19.5 Å². The first-order chi connectivity index (χ1) is 10.5. The molecule has 116 valence electrons. The molecule has 0 atom stereocenters. The summed E-state index contributed by atoms with van der Waals surface area (Å²) in [4.78, 5) is 47.5. The third kappa shape index (κ3) is 2.93. The van der Waals surface area contributed by atoms with Crippen LogP contribution >= 0.6 is 11.8 Å². The maximum Gasteiger partial charge on any atom is 0.357 e. The fourth-order valence-corrected chi connectivity index (χ4v) is 2.65. The van der Waals surface area contributed by atoms with E-state index in [0.29, 0.717) is 0 Å². The van der Waals surface area contributed by atoms with Gasteiger partial charge in [-0.05, 0) is 6.92 Å². The first-order valence-electron chi connectivity index (χ1n) is 6.39. The van der Waals surface area contributed by atoms with Crippen molar-refractivity contribution in [2.24, 2.45) is 0 Å². The zero-order valence-corrected chi connectivity index (χ0v) is 12.7. The average Bonchev–Trinajstić information content (AvgIpc) is 2.95. The summed E-state index contributed by atoms with van der Waals surface area (Å²) in [7, 11) is 1.47. The smallest absolute Gasteiger partial charge is 0.357 e. The summed E-state index contributed by atoms with van der Waals surface area (Å²) >= 11 is 0.928. The highest BCUT2D eigenvalue weighted by Gasteiger charge is 2.34. The summed E-state index contributed by atoms with van der Waals surface area (Å²) in [6, 6.07) is 0. The zero-order chi connectivity index (χ0) is 16.3. The summed E-state index contributed by atoms with van der Waals surface area (Å²) in [5.74, 6) is -2.07. The number of hydrogen-bond donors (Lipinski definition) is 2. The van der Waals surface area contributed by atoms with Gasteiger partial charge in [-0.1, -0.05) is 0 Å². The van der Waals surface area contributed by atoms with Gasteiger partial charge in [0.05, 0.1) is 22.8 Å². The number of amides is 1. The Kier molecular flexibility index (Phi) is 4.76. The second kappa shape index (κ2) is 6.56. The van der Waals surface area contributed by atoms with Gasteiger partial charge in [-0.25, -0.2) is 4.79 Å². The maximum atomic E-state index is 12.4. The Morgan fingerprint density at radius 1 is 1.41 bits per heavy atom. The number of rotatable bonds is 5. The molecule has 2 rings (SSSR count). The molecule has 0 aliphatic heterocycles. The number of aromatic nitrogens is 2. The van der Waals surface area contributed by atoms with Crippen molar-refractivity contribution in [1.29, 1.82) is 0 Å². The number of ketones is 2. The lowest BCUT2D eigenvalue weighted by Crippen LogP contribution is -2.22. The monoisotopic (exact) mass is 323 g/mol. The Morgan fingerprint density at radius 2 is 2.14 bits per heavy atom. The summed E-state index contributed by atoms with van der Waals surface area (Å²) in [5.41, 5.74) is -0.371. The van der Waals surface area contributed by atoms with E-state index in [0.717, 1.165) is 17.8 Å². The van der Waals surface area contributed by atoms with Crippen LogP contribution in [0.1, 0.15) is 38.3 Å². The second-order valence-electron chi connectivity index (χ2n) is 4.21. The van der Waals surface area contributed by atoms with Crippen LogP contribution in [0, 0.1) is 0 Å². The van der Waals surface area contributed by atoms with Crippen LogP contribution in [0.3, 0.4) is 0 Å². The van der Waals surface area contributed by atoms with Gasteiger partial charge in [0, 0.05) is 13.1 Å². The van der Waals surface area contributed by atoms with E-state index in [-0.39, 0.29) is 40.1 Å². The molecule has 2 N–H and O–H groups in total. The minimum Gasteiger partial charge on any atom is -0.461 e. The van der Waals surface area contributed by atoms with Gasteiger partial charge >= 0.3 is 5.97 Å². The van der Waals surface area contributed by atoms with Gasteiger partial charge in [0.15, 0.2) is 5.69 Å². The molecule has 1 aliphatic carbocycles. The Morgan fingerprint density at radius 3 is 2.77 bits per heavy atom. The molecule has 0 radical (unpaired) electrons. The largest absolute Gasteiger partial charge is 0.461 e. The number of nitrogens with zero attached hydrogens (tertiary/aromatic N) is 1. The van der Waals surface area contributed by atoms with E-state index in [1.807, 2.05) is 0 Å². The first kappa shape index (κ1) is 16.0. The number of nitrogens with one attached hydrogen (secondary N) is 2. The molecule has 0 unspecified atom stereocenters. The van der Waals surface area contributed by atoms with Gasteiger partial charge in [-0.15, -0.1) is 11.8 Å². The minimum atomic E-state index is -0.755. The van der Waals surface area contributed by atoms with Gasteiger partial charge in [-0.2, -0.15) is 5.10 Å². The Hall–Kier alpha value is -2.42. The topological polar surface area (TPSA) is 118 Å². The molecule has 1 amide bonds. The number of esters is 1. The van der Waals surface area contributed by atoms with Crippen molar-refractivity contribution in [3.8, 4) is 0 Å². The number of thioether (sulfide) groups is 1. The molecule has 1 aromatic heterocycles. The van der Waals surface area contributed by atoms with E-state index in [1.54, 1.807) is 6.92 Å². The van der Waals surface area contributed by atoms with Crippen LogP contribution in [0.15, 0.2) is 11.0 Å². The minimum absolute atomic E-state index is 0.0106. The molecule has 0 aromatic carbocycles. The summed E-state index contributed by atoms with van der Waals surface area (Å²) in [5, 5.41) is 8.49. The van der Waals surface area contributed by atoms with Crippen LogP contribution in [0.4, 0.5) is 0 Å².